The molecule has 0 radical (unpaired) electrons. The molecule has 0 unspecified atom stereocenters. The van der Waals surface area contributed by atoms with Crippen LogP contribution < -0.4 is 0 Å². The van der Waals surface area contributed by atoms with Crippen molar-refractivity contribution >= 4 is 11.8 Å². The van der Waals surface area contributed by atoms with Crippen molar-refractivity contribution in [3.63, 3.8) is 0 Å². The van der Waals surface area contributed by atoms with Gasteiger partial charge in [0.1, 0.15) is 5.82 Å². The summed E-state index contributed by atoms with van der Waals surface area (Å²) in [6, 6.07) is 8.44. The highest BCUT2D eigenvalue weighted by Gasteiger charge is 2.22. The van der Waals surface area contributed by atoms with Gasteiger partial charge in [0, 0.05) is 11.1 Å². The molecular weight excluding hydrogens is 259 g/mol. The van der Waals surface area contributed by atoms with Crippen LogP contribution in [0.5, 0.6) is 0 Å². The maximum atomic E-state index is 12.9. The number of carbonyl (C=O) groups excluding carboxylic acids is 1. The minimum atomic E-state index is -1.14. The van der Waals surface area contributed by atoms with Crippen LogP contribution in [0.3, 0.4) is 0 Å². The van der Waals surface area contributed by atoms with E-state index >= 15 is 0 Å². The van der Waals surface area contributed by atoms with E-state index in [-0.39, 0.29) is 16.7 Å². The van der Waals surface area contributed by atoms with Gasteiger partial charge in [-0.05, 0) is 49.2 Å². The smallest absolute Gasteiger partial charge is 0.336 e. The topological polar surface area (TPSA) is 54.4 Å². The molecule has 2 rings (SSSR count). The van der Waals surface area contributed by atoms with E-state index in [0.29, 0.717) is 11.1 Å². The first kappa shape index (κ1) is 13.9. The Morgan fingerprint density at radius 1 is 0.900 bits per heavy atom. The summed E-state index contributed by atoms with van der Waals surface area (Å²) in [4.78, 5) is 23.8. The highest BCUT2D eigenvalue weighted by atomic mass is 19.1. The Hall–Kier alpha value is -2.49. The van der Waals surface area contributed by atoms with Gasteiger partial charge in [-0.15, -0.1) is 0 Å². The standard InChI is InChI=1S/C16H13FO3/c1-9-3-4-10(2)14(16(19)20)13(9)15(18)11-5-7-12(17)8-6-11/h3-8H,1-2H3,(H,19,20). The molecule has 0 heterocycles. The number of hydrogen-bond donors (Lipinski definition) is 1. The molecule has 102 valence electrons. The molecule has 0 fully saturated rings. The van der Waals surface area contributed by atoms with Gasteiger partial charge in [-0.2, -0.15) is 0 Å². The van der Waals surface area contributed by atoms with Gasteiger partial charge >= 0.3 is 5.97 Å². The number of rotatable bonds is 3. The Bertz CT molecular complexity index is 688. The molecule has 4 heteroatoms. The van der Waals surface area contributed by atoms with Crippen molar-refractivity contribution in [3.8, 4) is 0 Å². The summed E-state index contributed by atoms with van der Waals surface area (Å²) < 4.78 is 12.9. The van der Waals surface area contributed by atoms with E-state index in [1.165, 1.54) is 24.3 Å². The van der Waals surface area contributed by atoms with Gasteiger partial charge < -0.3 is 5.11 Å². The second-order valence-electron chi connectivity index (χ2n) is 4.59. The van der Waals surface area contributed by atoms with E-state index in [1.807, 2.05) is 0 Å². The second-order valence-corrected chi connectivity index (χ2v) is 4.59. The lowest BCUT2D eigenvalue weighted by atomic mass is 9.91. The maximum absolute atomic E-state index is 12.9. The van der Waals surface area contributed by atoms with Crippen molar-refractivity contribution in [1.82, 2.24) is 0 Å². The predicted octanol–water partition coefficient (Wildman–Crippen LogP) is 3.37. The number of carbonyl (C=O) groups is 2. The molecule has 0 aliphatic heterocycles. The Morgan fingerprint density at radius 3 is 1.90 bits per heavy atom. The lowest BCUT2D eigenvalue weighted by Crippen LogP contribution is -2.13. The zero-order valence-electron chi connectivity index (χ0n) is 11.1. The van der Waals surface area contributed by atoms with Crippen LogP contribution in [0, 0.1) is 19.7 Å². The van der Waals surface area contributed by atoms with E-state index in [1.54, 1.807) is 26.0 Å². The van der Waals surface area contributed by atoms with Gasteiger partial charge in [0.15, 0.2) is 5.78 Å². The third kappa shape index (κ3) is 2.45. The van der Waals surface area contributed by atoms with Crippen LogP contribution in [-0.4, -0.2) is 16.9 Å². The van der Waals surface area contributed by atoms with Crippen molar-refractivity contribution in [1.29, 1.82) is 0 Å². The molecule has 0 atom stereocenters. The van der Waals surface area contributed by atoms with E-state index in [4.69, 9.17) is 0 Å². The highest BCUT2D eigenvalue weighted by molar-refractivity contribution is 6.15. The molecule has 20 heavy (non-hydrogen) atoms. The molecule has 0 saturated carbocycles. The lowest BCUT2D eigenvalue weighted by molar-refractivity contribution is 0.0692. The normalized spacial score (nSPS) is 10.3. The number of carboxylic acids is 1. The van der Waals surface area contributed by atoms with Gasteiger partial charge in [-0.25, -0.2) is 9.18 Å². The van der Waals surface area contributed by atoms with Crippen LogP contribution >= 0.6 is 0 Å². The summed E-state index contributed by atoms with van der Waals surface area (Å²) in [5.41, 5.74) is 1.53. The molecule has 0 saturated heterocycles. The number of halogens is 1. The predicted molar refractivity (Wildman–Crippen MR) is 72.7 cm³/mol. The SMILES string of the molecule is Cc1ccc(C)c(C(=O)c2ccc(F)cc2)c1C(=O)O. The van der Waals surface area contributed by atoms with Gasteiger partial charge in [0.05, 0.1) is 5.56 Å². The Kier molecular flexibility index (Phi) is 3.66. The monoisotopic (exact) mass is 272 g/mol. The quantitative estimate of drug-likeness (QED) is 0.871. The van der Waals surface area contributed by atoms with Gasteiger partial charge in [-0.3, -0.25) is 4.79 Å². The summed E-state index contributed by atoms with van der Waals surface area (Å²) in [7, 11) is 0. The lowest BCUT2D eigenvalue weighted by Gasteiger charge is -2.11. The van der Waals surface area contributed by atoms with Gasteiger partial charge in [0.2, 0.25) is 0 Å². The molecular formula is C16H13FO3. The molecule has 0 bridgehead atoms. The number of ketones is 1. The molecule has 3 nitrogen and oxygen atoms in total. The second kappa shape index (κ2) is 5.25. The molecule has 0 amide bonds. The van der Waals surface area contributed by atoms with Crippen LogP contribution in [0.4, 0.5) is 4.39 Å². The summed E-state index contributed by atoms with van der Waals surface area (Å²) in [5, 5.41) is 9.30. The molecule has 2 aromatic rings. The van der Waals surface area contributed by atoms with Crippen LogP contribution in [0.2, 0.25) is 0 Å². The van der Waals surface area contributed by atoms with E-state index < -0.39 is 17.6 Å². The van der Waals surface area contributed by atoms with E-state index in [0.717, 1.165) is 0 Å². The Balaban J connectivity index is 2.63. The molecule has 0 aliphatic rings. The largest absolute Gasteiger partial charge is 0.478 e. The fraction of sp³-hybridized carbons (Fsp3) is 0.125. The molecule has 2 aromatic carbocycles. The van der Waals surface area contributed by atoms with Crippen LogP contribution in [0.15, 0.2) is 36.4 Å². The Labute approximate surface area is 115 Å². The first-order valence-electron chi connectivity index (χ1n) is 6.05. The molecule has 0 spiro atoms. The van der Waals surface area contributed by atoms with Crippen molar-refractivity contribution < 1.29 is 19.1 Å². The number of carboxylic acid groups (broad SMARTS) is 1. The fourth-order valence-electron chi connectivity index (χ4n) is 2.12. The summed E-state index contributed by atoms with van der Waals surface area (Å²) >= 11 is 0. The average molecular weight is 272 g/mol. The average Bonchev–Trinajstić information content (AvgIpc) is 2.40. The number of aromatic carboxylic acids is 1. The van der Waals surface area contributed by atoms with Crippen LogP contribution in [-0.2, 0) is 0 Å². The number of aryl methyl sites for hydroxylation is 2. The Morgan fingerprint density at radius 2 is 1.40 bits per heavy atom. The van der Waals surface area contributed by atoms with Gasteiger partial charge in [-0.1, -0.05) is 12.1 Å². The molecule has 0 aliphatic carbocycles. The van der Waals surface area contributed by atoms with E-state index in [2.05, 4.69) is 0 Å². The zero-order chi connectivity index (χ0) is 14.9. The fourth-order valence-corrected chi connectivity index (χ4v) is 2.12. The first-order valence-corrected chi connectivity index (χ1v) is 6.05. The third-order valence-corrected chi connectivity index (χ3v) is 3.17. The van der Waals surface area contributed by atoms with E-state index in [9.17, 15) is 19.1 Å². The number of benzene rings is 2. The zero-order valence-corrected chi connectivity index (χ0v) is 11.1. The summed E-state index contributed by atoms with van der Waals surface area (Å²) in [6.45, 7) is 3.33. The van der Waals surface area contributed by atoms with Crippen LogP contribution in [0.1, 0.15) is 37.4 Å². The first-order chi connectivity index (χ1) is 9.41. The van der Waals surface area contributed by atoms with Crippen molar-refractivity contribution in [2.24, 2.45) is 0 Å². The van der Waals surface area contributed by atoms with Gasteiger partial charge in [0.25, 0.3) is 0 Å². The minimum Gasteiger partial charge on any atom is -0.478 e. The minimum absolute atomic E-state index is 0.000625. The summed E-state index contributed by atoms with van der Waals surface area (Å²) in [6.07, 6.45) is 0. The molecule has 1 N–H and O–H groups in total. The van der Waals surface area contributed by atoms with Crippen molar-refractivity contribution in [2.75, 3.05) is 0 Å². The van der Waals surface area contributed by atoms with Crippen molar-refractivity contribution in [2.45, 2.75) is 13.8 Å². The number of hydrogen-bond acceptors (Lipinski definition) is 2. The third-order valence-electron chi connectivity index (χ3n) is 3.17. The van der Waals surface area contributed by atoms with Crippen molar-refractivity contribution in [3.05, 3.63) is 70.0 Å². The molecule has 0 aromatic heterocycles. The highest BCUT2D eigenvalue weighted by Crippen LogP contribution is 2.22. The van der Waals surface area contributed by atoms with Crippen LogP contribution in [0.25, 0.3) is 0 Å². The maximum Gasteiger partial charge on any atom is 0.336 e. The summed E-state index contributed by atoms with van der Waals surface area (Å²) in [5.74, 6) is -2.00.